The maximum Gasteiger partial charge on any atom is 0.0608 e. The molecule has 1 atom stereocenters. The molecular weight excluding hydrogens is 163 g/mol. The highest BCUT2D eigenvalue weighted by Gasteiger charge is 2.13. The smallest absolute Gasteiger partial charge is 0.0608 e. The lowest BCUT2D eigenvalue weighted by atomic mass is 9.94. The Kier molecular flexibility index (Phi) is 3.54. The minimum atomic E-state index is -1.93. The molecule has 3 heteroatoms. The minimum Gasteiger partial charge on any atom is -0.365 e. The van der Waals surface area contributed by atoms with Gasteiger partial charge in [0.15, 0.2) is 0 Å². The summed E-state index contributed by atoms with van der Waals surface area (Å²) >= 11 is 4.92. The molecule has 0 saturated carbocycles. The summed E-state index contributed by atoms with van der Waals surface area (Å²) in [7, 11) is 0. The van der Waals surface area contributed by atoms with Crippen molar-refractivity contribution >= 4 is 18.1 Å². The van der Waals surface area contributed by atoms with Crippen LogP contribution in [-0.4, -0.2) is 17.7 Å². The predicted molar refractivity (Wildman–Crippen MR) is 51.4 cm³/mol. The first-order valence-electron chi connectivity index (χ1n) is 3.50. The van der Waals surface area contributed by atoms with Crippen LogP contribution < -0.4 is 0 Å². The molecule has 62 valence electrons. The van der Waals surface area contributed by atoms with Crippen LogP contribution in [0.25, 0.3) is 0 Å². The van der Waals surface area contributed by atoms with E-state index in [-0.39, 0.29) is 0 Å². The van der Waals surface area contributed by atoms with Gasteiger partial charge in [-0.15, -0.1) is 0 Å². The summed E-state index contributed by atoms with van der Waals surface area (Å²) in [6, 6.07) is 0. The van der Waals surface area contributed by atoms with Gasteiger partial charge in [-0.1, -0.05) is 32.6 Å². The fourth-order valence-electron chi connectivity index (χ4n) is 0.543. The van der Waals surface area contributed by atoms with Crippen LogP contribution in [0, 0.1) is 5.41 Å². The quantitative estimate of drug-likeness (QED) is 0.659. The summed E-state index contributed by atoms with van der Waals surface area (Å²) in [6.07, 6.45) is -0.0924. The molecule has 0 aromatic carbocycles. The average Bonchev–Trinajstić information content (AvgIpc) is 1.57. The molecule has 0 aliphatic rings. The van der Waals surface area contributed by atoms with Crippen molar-refractivity contribution in [1.82, 2.24) is 0 Å². The zero-order valence-corrected chi connectivity index (χ0v) is 8.93. The van der Waals surface area contributed by atoms with E-state index in [0.29, 0.717) is 5.41 Å². The Balaban J connectivity index is 3.67. The van der Waals surface area contributed by atoms with Crippen LogP contribution in [0.1, 0.15) is 27.2 Å². The Morgan fingerprint density at radius 2 is 1.80 bits per heavy atom. The van der Waals surface area contributed by atoms with Gasteiger partial charge in [-0.05, 0) is 24.7 Å². The third-order valence-corrected chi connectivity index (χ3v) is 2.88. The summed E-state index contributed by atoms with van der Waals surface area (Å²) in [5.41, 5.74) is 0.308. The van der Waals surface area contributed by atoms with E-state index in [9.17, 15) is 4.89 Å². The van der Waals surface area contributed by atoms with E-state index in [4.69, 9.17) is 11.8 Å². The van der Waals surface area contributed by atoms with Crippen molar-refractivity contribution in [1.29, 1.82) is 0 Å². The zero-order chi connectivity index (χ0) is 8.41. The number of hydrogen-bond acceptors (Lipinski definition) is 1. The molecule has 0 bridgehead atoms. The van der Waals surface area contributed by atoms with E-state index in [2.05, 4.69) is 20.8 Å². The van der Waals surface area contributed by atoms with Crippen LogP contribution in [0.15, 0.2) is 0 Å². The van der Waals surface area contributed by atoms with Crippen molar-refractivity contribution in [3.05, 3.63) is 0 Å². The first-order chi connectivity index (χ1) is 4.21. The Morgan fingerprint density at radius 3 is 1.90 bits per heavy atom. The molecule has 1 nitrogen and oxygen atoms in total. The Labute approximate surface area is 68.9 Å². The first-order valence-corrected chi connectivity index (χ1v) is 6.89. The molecular formula is C7H17OPS. The van der Waals surface area contributed by atoms with Gasteiger partial charge in [0.2, 0.25) is 0 Å². The van der Waals surface area contributed by atoms with Crippen LogP contribution in [0.3, 0.4) is 0 Å². The van der Waals surface area contributed by atoms with Crippen LogP contribution >= 0.6 is 6.26 Å². The molecule has 0 amide bonds. The molecule has 0 fully saturated rings. The standard InChI is InChI=1S/C7H17OPS/c1-7(2,3)5-6-9(4,8)10/h5-6H2,1-4H3,(H,8,10). The van der Waals surface area contributed by atoms with Crippen molar-refractivity contribution in [2.75, 3.05) is 12.8 Å². The van der Waals surface area contributed by atoms with Gasteiger partial charge in [-0.2, -0.15) is 0 Å². The van der Waals surface area contributed by atoms with E-state index < -0.39 is 6.26 Å². The monoisotopic (exact) mass is 180 g/mol. The maximum atomic E-state index is 9.31. The summed E-state index contributed by atoms with van der Waals surface area (Å²) in [5, 5.41) is 0. The van der Waals surface area contributed by atoms with Crippen LogP contribution in [0.4, 0.5) is 0 Å². The normalized spacial score (nSPS) is 18.5. The van der Waals surface area contributed by atoms with Gasteiger partial charge < -0.3 is 4.89 Å². The predicted octanol–water partition coefficient (Wildman–Crippen LogP) is 2.44. The van der Waals surface area contributed by atoms with Gasteiger partial charge in [0.1, 0.15) is 0 Å². The van der Waals surface area contributed by atoms with Gasteiger partial charge in [0.05, 0.1) is 6.26 Å². The number of rotatable bonds is 2. The zero-order valence-electron chi connectivity index (χ0n) is 7.22. The summed E-state index contributed by atoms with van der Waals surface area (Å²) < 4.78 is 0. The van der Waals surface area contributed by atoms with Crippen molar-refractivity contribution in [2.45, 2.75) is 27.2 Å². The Hall–Kier alpha value is 0.610. The molecule has 0 aromatic heterocycles. The third-order valence-electron chi connectivity index (χ3n) is 1.28. The summed E-state index contributed by atoms with van der Waals surface area (Å²) in [5.74, 6) is 0. The van der Waals surface area contributed by atoms with Crippen molar-refractivity contribution in [2.24, 2.45) is 5.41 Å². The van der Waals surface area contributed by atoms with Crippen LogP contribution in [-0.2, 0) is 11.8 Å². The average molecular weight is 180 g/mol. The molecule has 0 radical (unpaired) electrons. The maximum absolute atomic E-state index is 9.31. The highest BCUT2D eigenvalue weighted by Crippen LogP contribution is 2.39. The van der Waals surface area contributed by atoms with E-state index in [1.165, 1.54) is 0 Å². The molecule has 1 unspecified atom stereocenters. The van der Waals surface area contributed by atoms with Crippen molar-refractivity contribution < 1.29 is 4.89 Å². The largest absolute Gasteiger partial charge is 0.365 e. The SMILES string of the molecule is CC(C)(C)CCP(C)(O)=S. The van der Waals surface area contributed by atoms with Crippen LogP contribution in [0.2, 0.25) is 0 Å². The van der Waals surface area contributed by atoms with E-state index >= 15 is 0 Å². The molecule has 10 heavy (non-hydrogen) atoms. The molecule has 0 aromatic rings. The second-order valence-corrected chi connectivity index (χ2v) is 8.99. The summed E-state index contributed by atoms with van der Waals surface area (Å²) in [4.78, 5) is 9.31. The van der Waals surface area contributed by atoms with E-state index in [1.54, 1.807) is 6.66 Å². The lowest BCUT2D eigenvalue weighted by Gasteiger charge is -2.19. The highest BCUT2D eigenvalue weighted by atomic mass is 32.4. The molecule has 1 N–H and O–H groups in total. The van der Waals surface area contributed by atoms with Crippen LogP contribution in [0.5, 0.6) is 0 Å². The Morgan fingerprint density at radius 1 is 1.40 bits per heavy atom. The van der Waals surface area contributed by atoms with Gasteiger partial charge >= 0.3 is 0 Å². The van der Waals surface area contributed by atoms with E-state index in [0.717, 1.165) is 12.6 Å². The van der Waals surface area contributed by atoms with Crippen molar-refractivity contribution in [3.63, 3.8) is 0 Å². The fourth-order valence-corrected chi connectivity index (χ4v) is 1.90. The van der Waals surface area contributed by atoms with Gasteiger partial charge in [0.25, 0.3) is 0 Å². The molecule has 0 aliphatic heterocycles. The minimum absolute atomic E-state index is 0.308. The molecule has 0 heterocycles. The van der Waals surface area contributed by atoms with Gasteiger partial charge in [-0.3, -0.25) is 0 Å². The topological polar surface area (TPSA) is 20.2 Å². The molecule has 0 rings (SSSR count). The lowest BCUT2D eigenvalue weighted by molar-refractivity contribution is 0.397. The third kappa shape index (κ3) is 8.61. The van der Waals surface area contributed by atoms with Crippen molar-refractivity contribution in [3.8, 4) is 0 Å². The number of hydrogen-bond donors (Lipinski definition) is 1. The lowest BCUT2D eigenvalue weighted by Crippen LogP contribution is -2.07. The van der Waals surface area contributed by atoms with Gasteiger partial charge in [0, 0.05) is 0 Å². The first kappa shape index (κ1) is 10.6. The summed E-state index contributed by atoms with van der Waals surface area (Å²) in [6.45, 7) is 8.28. The fraction of sp³-hybridized carbons (Fsp3) is 1.00. The Bertz CT molecular complexity index is 142. The molecule has 0 saturated heterocycles. The van der Waals surface area contributed by atoms with E-state index in [1.807, 2.05) is 0 Å². The highest BCUT2D eigenvalue weighted by molar-refractivity contribution is 8.11. The van der Waals surface area contributed by atoms with Gasteiger partial charge in [-0.25, -0.2) is 0 Å². The molecule has 0 aliphatic carbocycles. The molecule has 0 spiro atoms. The second-order valence-electron chi connectivity index (χ2n) is 4.09. The second kappa shape index (κ2) is 3.34.